The number of nitrogens with zero attached hydrogens (tertiary/aromatic N) is 1. The highest BCUT2D eigenvalue weighted by Crippen LogP contribution is 2.40. The average molecular weight is 343 g/mol. The number of hydrogen-bond donors (Lipinski definition) is 0. The number of ketones is 1. The summed E-state index contributed by atoms with van der Waals surface area (Å²) in [5.41, 5.74) is 5.67. The monoisotopic (exact) mass is 343 g/mol. The van der Waals surface area contributed by atoms with E-state index in [1.54, 1.807) is 0 Å². The van der Waals surface area contributed by atoms with Gasteiger partial charge >= 0.3 is 0 Å². The summed E-state index contributed by atoms with van der Waals surface area (Å²) < 4.78 is 2.33. The quantitative estimate of drug-likeness (QED) is 0.590. The molecule has 0 radical (unpaired) electrons. The van der Waals surface area contributed by atoms with E-state index >= 15 is 0 Å². The molecule has 3 aromatic rings. The first kappa shape index (κ1) is 16.8. The van der Waals surface area contributed by atoms with E-state index in [1.165, 1.54) is 11.3 Å². The summed E-state index contributed by atoms with van der Waals surface area (Å²) in [6, 6.07) is 23.1. The van der Waals surface area contributed by atoms with E-state index in [0.29, 0.717) is 6.42 Å². The van der Waals surface area contributed by atoms with Crippen LogP contribution in [0.4, 0.5) is 0 Å². The van der Waals surface area contributed by atoms with Crippen LogP contribution in [0.25, 0.3) is 5.69 Å². The molecule has 1 aromatic heterocycles. The Morgan fingerprint density at radius 3 is 2.19 bits per heavy atom. The van der Waals surface area contributed by atoms with Gasteiger partial charge in [0.15, 0.2) is 5.78 Å². The number of aromatic nitrogens is 1. The first-order valence-corrected chi connectivity index (χ1v) is 9.34. The van der Waals surface area contributed by atoms with Gasteiger partial charge in [-0.05, 0) is 35.6 Å². The largest absolute Gasteiger partial charge is 0.317 e. The Labute approximate surface area is 155 Å². The van der Waals surface area contributed by atoms with Crippen LogP contribution in [0.5, 0.6) is 0 Å². The van der Waals surface area contributed by atoms with Gasteiger partial charge in [-0.3, -0.25) is 4.79 Å². The summed E-state index contributed by atoms with van der Waals surface area (Å²) in [6.45, 7) is 6.61. The van der Waals surface area contributed by atoms with Crippen molar-refractivity contribution < 1.29 is 4.79 Å². The van der Waals surface area contributed by atoms with Crippen LogP contribution in [0.1, 0.15) is 60.4 Å². The van der Waals surface area contributed by atoms with Crippen LogP contribution in [0.3, 0.4) is 0 Å². The van der Waals surface area contributed by atoms with Crippen molar-refractivity contribution in [3.8, 4) is 5.69 Å². The van der Waals surface area contributed by atoms with Crippen molar-refractivity contribution in [1.29, 1.82) is 0 Å². The SMILES string of the molecule is CC(c1ccccc1)c1cc2c(n1-c1ccccc1)CC(C)(C)CC2=O. The third-order valence-electron chi connectivity index (χ3n) is 5.47. The molecule has 0 saturated carbocycles. The van der Waals surface area contributed by atoms with Gasteiger partial charge in [0, 0.05) is 35.0 Å². The second-order valence-electron chi connectivity index (χ2n) is 8.17. The Bertz CT molecular complexity index is 935. The lowest BCUT2D eigenvalue weighted by molar-refractivity contribution is 0.0911. The van der Waals surface area contributed by atoms with Crippen LogP contribution in [0.15, 0.2) is 66.7 Å². The Hall–Kier alpha value is -2.61. The summed E-state index contributed by atoms with van der Waals surface area (Å²) in [5, 5.41) is 0. The summed E-state index contributed by atoms with van der Waals surface area (Å²) >= 11 is 0. The Morgan fingerprint density at radius 1 is 0.923 bits per heavy atom. The van der Waals surface area contributed by atoms with Crippen molar-refractivity contribution in [3.63, 3.8) is 0 Å². The predicted octanol–water partition coefficient (Wildman–Crippen LogP) is 5.78. The van der Waals surface area contributed by atoms with E-state index < -0.39 is 0 Å². The first-order valence-electron chi connectivity index (χ1n) is 9.34. The van der Waals surface area contributed by atoms with Gasteiger partial charge < -0.3 is 4.57 Å². The summed E-state index contributed by atoms with van der Waals surface area (Å²) in [4.78, 5) is 12.8. The van der Waals surface area contributed by atoms with E-state index in [0.717, 1.165) is 23.4 Å². The van der Waals surface area contributed by atoms with Crippen molar-refractivity contribution in [3.05, 3.63) is 89.2 Å². The number of hydrogen-bond acceptors (Lipinski definition) is 1. The van der Waals surface area contributed by atoms with Crippen molar-refractivity contribution in [2.75, 3.05) is 0 Å². The van der Waals surface area contributed by atoms with Gasteiger partial charge in [-0.15, -0.1) is 0 Å². The highest BCUT2D eigenvalue weighted by atomic mass is 16.1. The molecule has 1 atom stereocenters. The zero-order valence-electron chi connectivity index (χ0n) is 15.7. The Morgan fingerprint density at radius 2 is 1.54 bits per heavy atom. The predicted molar refractivity (Wildman–Crippen MR) is 106 cm³/mol. The summed E-state index contributed by atoms with van der Waals surface area (Å²) in [6.07, 6.45) is 1.54. The molecule has 1 heterocycles. The minimum absolute atomic E-state index is 0.00220. The van der Waals surface area contributed by atoms with Gasteiger partial charge in [-0.1, -0.05) is 69.3 Å². The standard InChI is InChI=1S/C24H25NO/c1-17(18-10-6-4-7-11-18)21-14-20-22(15-24(2,3)16-23(20)26)25(21)19-12-8-5-9-13-19/h4-14,17H,15-16H2,1-3H3. The van der Waals surface area contributed by atoms with Crippen LogP contribution in [-0.4, -0.2) is 10.4 Å². The molecule has 0 fully saturated rings. The third-order valence-corrected chi connectivity index (χ3v) is 5.47. The molecular weight excluding hydrogens is 318 g/mol. The van der Waals surface area contributed by atoms with Crippen LogP contribution < -0.4 is 0 Å². The van der Waals surface area contributed by atoms with E-state index in [1.807, 2.05) is 12.1 Å². The maximum absolute atomic E-state index is 12.8. The van der Waals surface area contributed by atoms with Crippen molar-refractivity contribution in [2.24, 2.45) is 5.41 Å². The minimum Gasteiger partial charge on any atom is -0.317 e. The normalized spacial score (nSPS) is 17.0. The molecular formula is C24H25NO. The number of carbonyl (C=O) groups excluding carboxylic acids is 1. The zero-order chi connectivity index (χ0) is 18.3. The molecule has 0 bridgehead atoms. The molecule has 4 rings (SSSR count). The molecule has 2 aromatic carbocycles. The highest BCUT2D eigenvalue weighted by molar-refractivity contribution is 5.99. The summed E-state index contributed by atoms with van der Waals surface area (Å²) in [7, 11) is 0. The van der Waals surface area contributed by atoms with Crippen LogP contribution in [0, 0.1) is 5.41 Å². The molecule has 26 heavy (non-hydrogen) atoms. The molecule has 0 N–H and O–H groups in total. The molecule has 2 nitrogen and oxygen atoms in total. The molecule has 0 saturated heterocycles. The topological polar surface area (TPSA) is 22.0 Å². The van der Waals surface area contributed by atoms with Crippen LogP contribution in [-0.2, 0) is 6.42 Å². The lowest BCUT2D eigenvalue weighted by Gasteiger charge is -2.30. The highest BCUT2D eigenvalue weighted by Gasteiger charge is 2.35. The molecule has 0 amide bonds. The number of para-hydroxylation sites is 1. The van der Waals surface area contributed by atoms with Crippen LogP contribution in [0.2, 0.25) is 0 Å². The molecule has 1 unspecified atom stereocenters. The number of fused-ring (bicyclic) bond motifs is 1. The number of benzene rings is 2. The number of rotatable bonds is 3. The smallest absolute Gasteiger partial charge is 0.165 e. The summed E-state index contributed by atoms with van der Waals surface area (Å²) in [5.74, 6) is 0.491. The van der Waals surface area contributed by atoms with Crippen molar-refractivity contribution >= 4 is 5.78 Å². The second-order valence-corrected chi connectivity index (χ2v) is 8.17. The number of Topliss-reactive ketones (excluding diaryl/α,β-unsaturated/α-hetero) is 1. The fourth-order valence-corrected chi connectivity index (χ4v) is 4.15. The molecule has 1 aliphatic carbocycles. The van der Waals surface area contributed by atoms with Gasteiger partial charge in [0.25, 0.3) is 0 Å². The van der Waals surface area contributed by atoms with E-state index in [9.17, 15) is 4.79 Å². The fraction of sp³-hybridized carbons (Fsp3) is 0.292. The lowest BCUT2D eigenvalue weighted by atomic mass is 9.76. The van der Waals surface area contributed by atoms with Gasteiger partial charge in [0.2, 0.25) is 0 Å². The zero-order valence-corrected chi connectivity index (χ0v) is 15.7. The average Bonchev–Trinajstić information content (AvgIpc) is 3.01. The lowest BCUT2D eigenvalue weighted by Crippen LogP contribution is -2.27. The Balaban J connectivity index is 1.94. The minimum atomic E-state index is 0.00220. The van der Waals surface area contributed by atoms with E-state index in [-0.39, 0.29) is 17.1 Å². The van der Waals surface area contributed by atoms with Crippen molar-refractivity contribution in [1.82, 2.24) is 4.57 Å². The third kappa shape index (κ3) is 2.90. The molecule has 2 heteroatoms. The molecule has 132 valence electrons. The maximum Gasteiger partial charge on any atom is 0.165 e. The second kappa shape index (κ2) is 6.28. The van der Waals surface area contributed by atoms with Crippen molar-refractivity contribution in [2.45, 2.75) is 39.5 Å². The molecule has 1 aliphatic rings. The number of carbonyl (C=O) groups is 1. The maximum atomic E-state index is 12.8. The van der Waals surface area contributed by atoms with Gasteiger partial charge in [0.05, 0.1) is 0 Å². The van der Waals surface area contributed by atoms with E-state index in [2.05, 4.69) is 79.9 Å². The van der Waals surface area contributed by atoms with Gasteiger partial charge in [-0.2, -0.15) is 0 Å². The molecule has 0 spiro atoms. The van der Waals surface area contributed by atoms with E-state index in [4.69, 9.17) is 0 Å². The molecule has 0 aliphatic heterocycles. The van der Waals surface area contributed by atoms with Gasteiger partial charge in [-0.25, -0.2) is 0 Å². The fourth-order valence-electron chi connectivity index (χ4n) is 4.15. The van der Waals surface area contributed by atoms with Crippen LogP contribution >= 0.6 is 0 Å². The van der Waals surface area contributed by atoms with Gasteiger partial charge in [0.1, 0.15) is 0 Å². The Kier molecular flexibility index (Phi) is 4.07. The first-order chi connectivity index (χ1) is 12.5.